The highest BCUT2D eigenvalue weighted by atomic mass is 16.5. The fraction of sp³-hybridized carbons (Fsp3) is 0.0769. The van der Waals surface area contributed by atoms with Crippen LogP contribution >= 0.6 is 0 Å². The fourth-order valence-corrected chi connectivity index (χ4v) is 1.77. The minimum Gasteiger partial charge on any atom is -0.461 e. The summed E-state index contributed by atoms with van der Waals surface area (Å²) >= 11 is 0. The molecule has 2 N–H and O–H groups in total. The van der Waals surface area contributed by atoms with Crippen LogP contribution in [0.4, 0.5) is 5.69 Å². The van der Waals surface area contributed by atoms with Gasteiger partial charge in [-0.15, -0.1) is 0 Å². The van der Waals surface area contributed by atoms with Crippen molar-refractivity contribution in [2.45, 2.75) is 6.92 Å². The smallest absolute Gasteiger partial charge is 0.258 e. The molecular formula is C13H11N3O2. The molecule has 1 aromatic carbocycles. The molecule has 0 spiro atoms. The Balaban J connectivity index is 2.03. The third-order valence-corrected chi connectivity index (χ3v) is 2.65. The fourth-order valence-electron chi connectivity index (χ4n) is 1.77. The van der Waals surface area contributed by atoms with E-state index in [-0.39, 0.29) is 0 Å². The summed E-state index contributed by atoms with van der Waals surface area (Å²) < 4.78 is 10.4. The number of nitrogens with two attached hydrogens (primary N) is 1. The summed E-state index contributed by atoms with van der Waals surface area (Å²) in [5.41, 5.74) is 8.28. The van der Waals surface area contributed by atoms with E-state index >= 15 is 0 Å². The van der Waals surface area contributed by atoms with E-state index < -0.39 is 0 Å². The van der Waals surface area contributed by atoms with Gasteiger partial charge in [-0.1, -0.05) is 5.16 Å². The zero-order valence-electron chi connectivity index (χ0n) is 9.75. The van der Waals surface area contributed by atoms with Gasteiger partial charge in [0.2, 0.25) is 5.82 Å². The van der Waals surface area contributed by atoms with Gasteiger partial charge in [0.25, 0.3) is 5.89 Å². The highest BCUT2D eigenvalue weighted by Crippen LogP contribution is 2.26. The van der Waals surface area contributed by atoms with E-state index in [1.54, 1.807) is 24.5 Å². The van der Waals surface area contributed by atoms with Gasteiger partial charge in [0.1, 0.15) is 0 Å². The van der Waals surface area contributed by atoms with Crippen LogP contribution in [0.5, 0.6) is 0 Å². The molecule has 5 heteroatoms. The number of nitrogens with zero attached hydrogens (tertiary/aromatic N) is 2. The van der Waals surface area contributed by atoms with Crippen molar-refractivity contribution in [1.82, 2.24) is 10.1 Å². The summed E-state index contributed by atoms with van der Waals surface area (Å²) in [6, 6.07) is 9.10. The van der Waals surface area contributed by atoms with Gasteiger partial charge in [-0.05, 0) is 42.8 Å². The first-order valence-electron chi connectivity index (χ1n) is 5.48. The summed E-state index contributed by atoms with van der Waals surface area (Å²) in [5.74, 6) is 1.48. The molecule has 18 heavy (non-hydrogen) atoms. The predicted molar refractivity (Wildman–Crippen MR) is 66.6 cm³/mol. The van der Waals surface area contributed by atoms with Crippen molar-refractivity contribution < 1.29 is 8.94 Å². The molecule has 0 saturated heterocycles. The number of aryl methyl sites for hydroxylation is 1. The summed E-state index contributed by atoms with van der Waals surface area (Å²) in [6.45, 7) is 1.95. The van der Waals surface area contributed by atoms with Crippen LogP contribution in [0.3, 0.4) is 0 Å². The molecule has 3 aromatic rings. The molecule has 90 valence electrons. The third-order valence-electron chi connectivity index (χ3n) is 2.65. The molecular weight excluding hydrogens is 230 g/mol. The van der Waals surface area contributed by atoms with Crippen molar-refractivity contribution in [3.8, 4) is 23.0 Å². The molecule has 0 amide bonds. The monoisotopic (exact) mass is 241 g/mol. The number of hydrogen-bond acceptors (Lipinski definition) is 5. The first-order valence-corrected chi connectivity index (χ1v) is 5.48. The van der Waals surface area contributed by atoms with E-state index in [1.807, 2.05) is 19.1 Å². The lowest BCUT2D eigenvalue weighted by molar-refractivity contribution is 0.429. The molecule has 0 radical (unpaired) electrons. The molecule has 0 aliphatic carbocycles. The summed E-state index contributed by atoms with van der Waals surface area (Å²) in [5, 5.41) is 3.89. The molecule has 0 fully saturated rings. The summed E-state index contributed by atoms with van der Waals surface area (Å²) in [4.78, 5) is 4.30. The normalized spacial score (nSPS) is 10.7. The Morgan fingerprint density at radius 3 is 2.83 bits per heavy atom. The Kier molecular flexibility index (Phi) is 2.37. The molecule has 0 aliphatic rings. The standard InChI is InChI=1S/C13H11N3O2/c1-8-7-9(14)4-5-10(8)13-15-12(16-18-13)11-3-2-6-17-11/h2-7H,14H2,1H3. The lowest BCUT2D eigenvalue weighted by Crippen LogP contribution is -1.88. The summed E-state index contributed by atoms with van der Waals surface area (Å²) in [6.07, 6.45) is 1.57. The molecule has 3 rings (SSSR count). The SMILES string of the molecule is Cc1cc(N)ccc1-c1nc(-c2ccco2)no1. The number of nitrogen functional groups attached to an aromatic ring is 1. The minimum absolute atomic E-state index is 0.436. The Bertz CT molecular complexity index is 671. The van der Waals surface area contributed by atoms with Crippen LogP contribution in [0, 0.1) is 6.92 Å². The zero-order chi connectivity index (χ0) is 12.5. The molecule has 2 aromatic heterocycles. The second kappa shape index (κ2) is 4.03. The van der Waals surface area contributed by atoms with E-state index in [1.165, 1.54) is 0 Å². The average molecular weight is 241 g/mol. The quantitative estimate of drug-likeness (QED) is 0.698. The maximum atomic E-state index is 5.71. The van der Waals surface area contributed by atoms with Crippen molar-refractivity contribution in [1.29, 1.82) is 0 Å². The van der Waals surface area contributed by atoms with E-state index in [0.29, 0.717) is 23.2 Å². The lowest BCUT2D eigenvalue weighted by Gasteiger charge is -2.00. The number of anilines is 1. The average Bonchev–Trinajstić information content (AvgIpc) is 2.99. The number of hydrogen-bond donors (Lipinski definition) is 1. The Hall–Kier alpha value is -2.56. The van der Waals surface area contributed by atoms with E-state index in [2.05, 4.69) is 10.1 Å². The van der Waals surface area contributed by atoms with Crippen LogP contribution in [0.2, 0.25) is 0 Å². The van der Waals surface area contributed by atoms with Gasteiger partial charge in [-0.3, -0.25) is 0 Å². The van der Waals surface area contributed by atoms with Gasteiger partial charge in [0.05, 0.1) is 6.26 Å². The van der Waals surface area contributed by atoms with Crippen molar-refractivity contribution in [2.24, 2.45) is 0 Å². The van der Waals surface area contributed by atoms with Crippen LogP contribution in [-0.4, -0.2) is 10.1 Å². The number of aromatic nitrogens is 2. The zero-order valence-corrected chi connectivity index (χ0v) is 9.75. The summed E-state index contributed by atoms with van der Waals surface area (Å²) in [7, 11) is 0. The Morgan fingerprint density at radius 1 is 1.22 bits per heavy atom. The molecule has 0 saturated carbocycles. The minimum atomic E-state index is 0.436. The van der Waals surface area contributed by atoms with Gasteiger partial charge >= 0.3 is 0 Å². The van der Waals surface area contributed by atoms with Gasteiger partial charge in [-0.2, -0.15) is 4.98 Å². The molecule has 0 aliphatic heterocycles. The van der Waals surface area contributed by atoms with Gasteiger partial charge in [0.15, 0.2) is 5.76 Å². The second-order valence-electron chi connectivity index (χ2n) is 3.97. The van der Waals surface area contributed by atoms with Gasteiger partial charge < -0.3 is 14.7 Å². The van der Waals surface area contributed by atoms with Crippen LogP contribution in [0.25, 0.3) is 23.0 Å². The number of furan rings is 1. The second-order valence-corrected chi connectivity index (χ2v) is 3.97. The number of rotatable bonds is 2. The van der Waals surface area contributed by atoms with Crippen LogP contribution in [0.1, 0.15) is 5.56 Å². The van der Waals surface area contributed by atoms with Gasteiger partial charge in [0, 0.05) is 11.3 Å². The number of benzene rings is 1. The third kappa shape index (κ3) is 1.75. The van der Waals surface area contributed by atoms with Crippen molar-refractivity contribution in [2.75, 3.05) is 5.73 Å². The first-order chi connectivity index (χ1) is 8.74. The van der Waals surface area contributed by atoms with E-state index in [0.717, 1.165) is 11.1 Å². The molecule has 0 bridgehead atoms. The van der Waals surface area contributed by atoms with Crippen LogP contribution < -0.4 is 5.73 Å². The molecule has 2 heterocycles. The van der Waals surface area contributed by atoms with Crippen LogP contribution in [0.15, 0.2) is 45.5 Å². The van der Waals surface area contributed by atoms with Crippen molar-refractivity contribution >= 4 is 5.69 Å². The Morgan fingerprint density at radius 2 is 2.11 bits per heavy atom. The Labute approximate surface area is 103 Å². The molecule has 0 atom stereocenters. The lowest BCUT2D eigenvalue weighted by atomic mass is 10.1. The van der Waals surface area contributed by atoms with Crippen molar-refractivity contribution in [3.63, 3.8) is 0 Å². The van der Waals surface area contributed by atoms with Crippen LogP contribution in [-0.2, 0) is 0 Å². The van der Waals surface area contributed by atoms with Gasteiger partial charge in [-0.25, -0.2) is 0 Å². The molecule has 5 nitrogen and oxygen atoms in total. The highest BCUT2D eigenvalue weighted by molar-refractivity contribution is 5.63. The van der Waals surface area contributed by atoms with Crippen molar-refractivity contribution in [3.05, 3.63) is 42.2 Å². The predicted octanol–water partition coefficient (Wildman–Crippen LogP) is 2.89. The maximum Gasteiger partial charge on any atom is 0.258 e. The first kappa shape index (κ1) is 10.6. The molecule has 0 unspecified atom stereocenters. The largest absolute Gasteiger partial charge is 0.461 e. The maximum absolute atomic E-state index is 5.71. The topological polar surface area (TPSA) is 78.1 Å². The van der Waals surface area contributed by atoms with E-state index in [9.17, 15) is 0 Å². The highest BCUT2D eigenvalue weighted by Gasteiger charge is 2.13. The van der Waals surface area contributed by atoms with E-state index in [4.69, 9.17) is 14.7 Å².